The van der Waals surface area contributed by atoms with E-state index in [0.717, 1.165) is 17.9 Å². The molecular formula is C14H20N2O. The van der Waals surface area contributed by atoms with Crippen LogP contribution in [0.5, 0.6) is 5.75 Å². The van der Waals surface area contributed by atoms with Gasteiger partial charge in [0.1, 0.15) is 11.3 Å². The van der Waals surface area contributed by atoms with Crippen LogP contribution in [0, 0.1) is 17.2 Å². The summed E-state index contributed by atoms with van der Waals surface area (Å²) in [5, 5.41) is 12.6. The third-order valence-corrected chi connectivity index (χ3v) is 3.30. The van der Waals surface area contributed by atoms with Crippen LogP contribution in [0.25, 0.3) is 0 Å². The SMILES string of the molecule is CCC(C)C(C)(C#N)Nc1cccc(OC)c1. The quantitative estimate of drug-likeness (QED) is 0.845. The molecule has 2 unspecified atom stereocenters. The van der Waals surface area contributed by atoms with E-state index >= 15 is 0 Å². The number of benzene rings is 1. The summed E-state index contributed by atoms with van der Waals surface area (Å²) >= 11 is 0. The normalized spacial score (nSPS) is 15.5. The fourth-order valence-electron chi connectivity index (χ4n) is 1.67. The zero-order chi connectivity index (χ0) is 12.9. The summed E-state index contributed by atoms with van der Waals surface area (Å²) in [5.74, 6) is 1.07. The molecule has 92 valence electrons. The molecule has 0 saturated carbocycles. The first-order valence-corrected chi connectivity index (χ1v) is 5.89. The van der Waals surface area contributed by atoms with Crippen LogP contribution >= 0.6 is 0 Å². The van der Waals surface area contributed by atoms with Gasteiger partial charge in [-0.25, -0.2) is 0 Å². The zero-order valence-corrected chi connectivity index (χ0v) is 10.9. The van der Waals surface area contributed by atoms with Crippen LogP contribution in [0.2, 0.25) is 0 Å². The number of nitriles is 1. The van der Waals surface area contributed by atoms with Crippen molar-refractivity contribution in [3.05, 3.63) is 24.3 Å². The first-order valence-electron chi connectivity index (χ1n) is 5.89. The molecule has 1 N–H and O–H groups in total. The summed E-state index contributed by atoms with van der Waals surface area (Å²) in [6.07, 6.45) is 0.959. The highest BCUT2D eigenvalue weighted by Gasteiger charge is 2.29. The standard InChI is InChI=1S/C14H20N2O/c1-5-11(2)14(3,10-15)16-12-7-6-8-13(9-12)17-4/h6-9,11,16H,5H2,1-4H3. The molecule has 1 aromatic rings. The second-order valence-electron chi connectivity index (χ2n) is 4.48. The number of hydrogen-bond donors (Lipinski definition) is 1. The number of ether oxygens (including phenoxy) is 1. The van der Waals surface area contributed by atoms with Crippen molar-refractivity contribution in [1.82, 2.24) is 0 Å². The van der Waals surface area contributed by atoms with Gasteiger partial charge in [0.25, 0.3) is 0 Å². The van der Waals surface area contributed by atoms with Gasteiger partial charge in [-0.05, 0) is 25.0 Å². The molecule has 0 radical (unpaired) electrons. The largest absolute Gasteiger partial charge is 0.497 e. The fourth-order valence-corrected chi connectivity index (χ4v) is 1.67. The van der Waals surface area contributed by atoms with Gasteiger partial charge in [-0.1, -0.05) is 26.3 Å². The lowest BCUT2D eigenvalue weighted by Crippen LogP contribution is -2.39. The lowest BCUT2D eigenvalue weighted by atomic mass is 9.86. The summed E-state index contributed by atoms with van der Waals surface area (Å²) < 4.78 is 5.17. The molecule has 0 bridgehead atoms. The number of methoxy groups -OCH3 is 1. The first-order chi connectivity index (χ1) is 8.05. The molecule has 0 spiro atoms. The van der Waals surface area contributed by atoms with Gasteiger partial charge in [-0.3, -0.25) is 0 Å². The highest BCUT2D eigenvalue weighted by Crippen LogP contribution is 2.26. The van der Waals surface area contributed by atoms with E-state index < -0.39 is 5.54 Å². The molecule has 0 fully saturated rings. The minimum Gasteiger partial charge on any atom is -0.497 e. The van der Waals surface area contributed by atoms with Crippen LogP contribution in [0.4, 0.5) is 5.69 Å². The predicted octanol–water partition coefficient (Wildman–Crippen LogP) is 3.44. The van der Waals surface area contributed by atoms with Crippen LogP contribution < -0.4 is 10.1 Å². The van der Waals surface area contributed by atoms with E-state index in [2.05, 4.69) is 25.2 Å². The number of nitrogens with zero attached hydrogens (tertiary/aromatic N) is 1. The van der Waals surface area contributed by atoms with Crippen molar-refractivity contribution in [3.63, 3.8) is 0 Å². The number of rotatable bonds is 5. The van der Waals surface area contributed by atoms with Crippen molar-refractivity contribution in [2.75, 3.05) is 12.4 Å². The summed E-state index contributed by atoms with van der Waals surface area (Å²) in [6, 6.07) is 10.0. The molecule has 0 aromatic heterocycles. The molecule has 0 amide bonds. The first kappa shape index (κ1) is 13.4. The minimum absolute atomic E-state index is 0.277. The number of hydrogen-bond acceptors (Lipinski definition) is 3. The van der Waals surface area contributed by atoms with Crippen molar-refractivity contribution < 1.29 is 4.74 Å². The lowest BCUT2D eigenvalue weighted by molar-refractivity contribution is 0.410. The maximum atomic E-state index is 9.33. The molecule has 1 rings (SSSR count). The Morgan fingerprint density at radius 2 is 2.24 bits per heavy atom. The Balaban J connectivity index is 2.91. The van der Waals surface area contributed by atoms with Gasteiger partial charge < -0.3 is 10.1 Å². The Morgan fingerprint density at radius 1 is 1.53 bits per heavy atom. The Hall–Kier alpha value is -1.69. The van der Waals surface area contributed by atoms with E-state index in [1.807, 2.05) is 31.2 Å². The van der Waals surface area contributed by atoms with Crippen LogP contribution in [-0.4, -0.2) is 12.6 Å². The Labute approximate surface area is 103 Å². The highest BCUT2D eigenvalue weighted by molar-refractivity contribution is 5.51. The average Bonchev–Trinajstić information content (AvgIpc) is 2.37. The van der Waals surface area contributed by atoms with Crippen LogP contribution in [-0.2, 0) is 0 Å². The molecule has 0 aliphatic carbocycles. The molecule has 3 heteroatoms. The molecule has 0 heterocycles. The smallest absolute Gasteiger partial charge is 0.125 e. The Kier molecular flexibility index (Phi) is 4.39. The number of nitrogens with one attached hydrogen (secondary N) is 1. The Bertz CT molecular complexity index is 411. The summed E-state index contributed by atoms with van der Waals surface area (Å²) in [5.41, 5.74) is 0.356. The van der Waals surface area contributed by atoms with Gasteiger partial charge in [-0.15, -0.1) is 0 Å². The highest BCUT2D eigenvalue weighted by atomic mass is 16.5. The van der Waals surface area contributed by atoms with E-state index in [0.29, 0.717) is 0 Å². The number of anilines is 1. The monoisotopic (exact) mass is 232 g/mol. The molecule has 0 aliphatic rings. The molecule has 0 aliphatic heterocycles. The molecule has 3 nitrogen and oxygen atoms in total. The van der Waals surface area contributed by atoms with Gasteiger partial charge in [0.05, 0.1) is 13.2 Å². The zero-order valence-electron chi connectivity index (χ0n) is 10.9. The fraction of sp³-hybridized carbons (Fsp3) is 0.500. The van der Waals surface area contributed by atoms with E-state index in [-0.39, 0.29) is 5.92 Å². The second kappa shape index (κ2) is 5.58. The van der Waals surface area contributed by atoms with Crippen LogP contribution in [0.3, 0.4) is 0 Å². The van der Waals surface area contributed by atoms with Crippen molar-refractivity contribution in [2.45, 2.75) is 32.7 Å². The van der Waals surface area contributed by atoms with Gasteiger partial charge >= 0.3 is 0 Å². The summed E-state index contributed by atoms with van der Waals surface area (Å²) in [4.78, 5) is 0. The molecule has 2 atom stereocenters. The van der Waals surface area contributed by atoms with Gasteiger partial charge in [0.2, 0.25) is 0 Å². The molecule has 1 aromatic carbocycles. The van der Waals surface area contributed by atoms with E-state index in [1.165, 1.54) is 0 Å². The summed E-state index contributed by atoms with van der Waals surface area (Å²) in [7, 11) is 1.64. The lowest BCUT2D eigenvalue weighted by Gasteiger charge is -2.30. The van der Waals surface area contributed by atoms with Gasteiger partial charge in [-0.2, -0.15) is 5.26 Å². The Morgan fingerprint density at radius 3 is 2.76 bits per heavy atom. The minimum atomic E-state index is -0.554. The van der Waals surface area contributed by atoms with E-state index in [4.69, 9.17) is 4.74 Å². The van der Waals surface area contributed by atoms with E-state index in [9.17, 15) is 5.26 Å². The predicted molar refractivity (Wildman–Crippen MR) is 70.1 cm³/mol. The molecule has 0 saturated heterocycles. The second-order valence-corrected chi connectivity index (χ2v) is 4.48. The van der Waals surface area contributed by atoms with Crippen molar-refractivity contribution in [3.8, 4) is 11.8 Å². The van der Waals surface area contributed by atoms with Crippen LogP contribution in [0.15, 0.2) is 24.3 Å². The third kappa shape index (κ3) is 3.13. The van der Waals surface area contributed by atoms with Gasteiger partial charge in [0, 0.05) is 11.8 Å². The van der Waals surface area contributed by atoms with E-state index in [1.54, 1.807) is 7.11 Å². The topological polar surface area (TPSA) is 45.0 Å². The molecule has 17 heavy (non-hydrogen) atoms. The van der Waals surface area contributed by atoms with Crippen LogP contribution in [0.1, 0.15) is 27.2 Å². The maximum absolute atomic E-state index is 9.33. The maximum Gasteiger partial charge on any atom is 0.125 e. The third-order valence-electron chi connectivity index (χ3n) is 3.30. The van der Waals surface area contributed by atoms with Crippen molar-refractivity contribution >= 4 is 5.69 Å². The van der Waals surface area contributed by atoms with Crippen molar-refractivity contribution in [2.24, 2.45) is 5.92 Å². The van der Waals surface area contributed by atoms with Gasteiger partial charge in [0.15, 0.2) is 0 Å². The van der Waals surface area contributed by atoms with Crippen molar-refractivity contribution in [1.29, 1.82) is 5.26 Å². The molecular weight excluding hydrogens is 212 g/mol. The summed E-state index contributed by atoms with van der Waals surface area (Å²) in [6.45, 7) is 6.10. The average molecular weight is 232 g/mol.